The van der Waals surface area contributed by atoms with Crippen molar-refractivity contribution in [1.82, 2.24) is 9.88 Å². The van der Waals surface area contributed by atoms with Gasteiger partial charge >= 0.3 is 0 Å². The zero-order valence-corrected chi connectivity index (χ0v) is 12.9. The van der Waals surface area contributed by atoms with Gasteiger partial charge in [-0.15, -0.1) is 0 Å². The molecule has 110 valence electrons. The predicted molar refractivity (Wildman–Crippen MR) is 84.3 cm³/mol. The van der Waals surface area contributed by atoms with Crippen LogP contribution in [0.15, 0.2) is 12.3 Å². The van der Waals surface area contributed by atoms with E-state index in [4.69, 9.17) is 4.98 Å². The minimum Gasteiger partial charge on any atom is -0.356 e. The Kier molecular flexibility index (Phi) is 4.25. The fraction of sp³-hybridized carbons (Fsp3) is 0.706. The summed E-state index contributed by atoms with van der Waals surface area (Å²) in [5, 5.41) is 0. The Morgan fingerprint density at radius 3 is 2.50 bits per heavy atom. The van der Waals surface area contributed by atoms with Gasteiger partial charge in [0, 0.05) is 25.3 Å². The lowest BCUT2D eigenvalue weighted by Crippen LogP contribution is -2.32. The molecular formula is C17H27N3. The molecule has 2 saturated heterocycles. The number of hydrogen-bond donors (Lipinski definition) is 0. The third-order valence-corrected chi connectivity index (χ3v) is 4.88. The van der Waals surface area contributed by atoms with Gasteiger partial charge in [-0.3, -0.25) is 4.90 Å². The van der Waals surface area contributed by atoms with Gasteiger partial charge in [-0.1, -0.05) is 6.42 Å². The molecule has 0 radical (unpaired) electrons. The Bertz CT molecular complexity index is 452. The number of aromatic nitrogens is 1. The fourth-order valence-electron chi connectivity index (χ4n) is 3.70. The quantitative estimate of drug-likeness (QED) is 0.821. The second-order valence-corrected chi connectivity index (χ2v) is 6.45. The summed E-state index contributed by atoms with van der Waals surface area (Å²) in [6.45, 7) is 5.80. The SMILES string of the molecule is Cc1cc([C@@H]2CCCCN2C)cnc1N1CCCCC1. The number of rotatable bonds is 2. The zero-order valence-electron chi connectivity index (χ0n) is 12.9. The van der Waals surface area contributed by atoms with E-state index in [9.17, 15) is 0 Å². The molecule has 3 heteroatoms. The van der Waals surface area contributed by atoms with E-state index in [1.165, 1.54) is 75.1 Å². The summed E-state index contributed by atoms with van der Waals surface area (Å²) in [6.07, 6.45) is 10.1. The molecule has 3 rings (SSSR count). The summed E-state index contributed by atoms with van der Waals surface area (Å²) in [4.78, 5) is 9.76. The molecular weight excluding hydrogens is 246 g/mol. The Labute approximate surface area is 123 Å². The molecule has 0 bridgehead atoms. The number of piperidine rings is 2. The summed E-state index contributed by atoms with van der Waals surface area (Å²) in [5.74, 6) is 1.21. The van der Waals surface area contributed by atoms with E-state index in [1.54, 1.807) is 0 Å². The third kappa shape index (κ3) is 2.83. The number of aryl methyl sites for hydroxylation is 1. The molecule has 2 fully saturated rings. The van der Waals surface area contributed by atoms with Gasteiger partial charge in [-0.05, 0) is 69.8 Å². The van der Waals surface area contributed by atoms with Crippen LogP contribution in [0.5, 0.6) is 0 Å². The van der Waals surface area contributed by atoms with Crippen LogP contribution in [0.2, 0.25) is 0 Å². The number of nitrogens with zero attached hydrogens (tertiary/aromatic N) is 3. The first-order valence-electron chi connectivity index (χ1n) is 8.17. The molecule has 0 N–H and O–H groups in total. The molecule has 0 unspecified atom stereocenters. The van der Waals surface area contributed by atoms with Gasteiger partial charge in [0.2, 0.25) is 0 Å². The molecule has 3 nitrogen and oxygen atoms in total. The third-order valence-electron chi connectivity index (χ3n) is 4.88. The Morgan fingerprint density at radius 1 is 1.05 bits per heavy atom. The first kappa shape index (κ1) is 13.9. The van der Waals surface area contributed by atoms with E-state index in [0.29, 0.717) is 6.04 Å². The van der Waals surface area contributed by atoms with Crippen molar-refractivity contribution in [2.24, 2.45) is 0 Å². The molecule has 3 heterocycles. The van der Waals surface area contributed by atoms with Gasteiger partial charge in [0.05, 0.1) is 0 Å². The zero-order chi connectivity index (χ0) is 13.9. The van der Waals surface area contributed by atoms with E-state index in [2.05, 4.69) is 36.0 Å². The van der Waals surface area contributed by atoms with Crippen LogP contribution in [-0.4, -0.2) is 36.6 Å². The van der Waals surface area contributed by atoms with Gasteiger partial charge < -0.3 is 4.90 Å². The molecule has 0 amide bonds. The minimum absolute atomic E-state index is 0.574. The average molecular weight is 273 g/mol. The van der Waals surface area contributed by atoms with Crippen LogP contribution in [0.4, 0.5) is 5.82 Å². The highest BCUT2D eigenvalue weighted by Crippen LogP contribution is 2.31. The van der Waals surface area contributed by atoms with E-state index >= 15 is 0 Å². The molecule has 2 aliphatic rings. The first-order valence-corrected chi connectivity index (χ1v) is 8.17. The van der Waals surface area contributed by atoms with E-state index in [-0.39, 0.29) is 0 Å². The second-order valence-electron chi connectivity index (χ2n) is 6.45. The van der Waals surface area contributed by atoms with Gasteiger partial charge in [0.25, 0.3) is 0 Å². The van der Waals surface area contributed by atoms with Crippen molar-refractivity contribution in [3.8, 4) is 0 Å². The largest absolute Gasteiger partial charge is 0.356 e. The van der Waals surface area contributed by atoms with Crippen LogP contribution >= 0.6 is 0 Å². The first-order chi connectivity index (χ1) is 9.75. The van der Waals surface area contributed by atoms with Crippen LogP contribution in [-0.2, 0) is 0 Å². The molecule has 1 aromatic heterocycles. The van der Waals surface area contributed by atoms with Crippen molar-refractivity contribution >= 4 is 5.82 Å². The summed E-state index contributed by atoms with van der Waals surface area (Å²) in [5.41, 5.74) is 2.76. The van der Waals surface area contributed by atoms with Gasteiger partial charge in [-0.2, -0.15) is 0 Å². The number of pyridine rings is 1. The molecule has 0 saturated carbocycles. The van der Waals surface area contributed by atoms with Crippen LogP contribution in [0.3, 0.4) is 0 Å². The highest BCUT2D eigenvalue weighted by atomic mass is 15.2. The Morgan fingerprint density at radius 2 is 1.80 bits per heavy atom. The maximum absolute atomic E-state index is 4.81. The van der Waals surface area contributed by atoms with Gasteiger partial charge in [0.1, 0.15) is 5.82 Å². The second kappa shape index (κ2) is 6.13. The average Bonchev–Trinajstić information content (AvgIpc) is 2.48. The lowest BCUT2D eigenvalue weighted by Gasteiger charge is -2.34. The number of hydrogen-bond acceptors (Lipinski definition) is 3. The van der Waals surface area contributed by atoms with E-state index < -0.39 is 0 Å². The topological polar surface area (TPSA) is 19.4 Å². The van der Waals surface area contributed by atoms with Crippen LogP contribution in [0.25, 0.3) is 0 Å². The monoisotopic (exact) mass is 273 g/mol. The molecule has 1 atom stereocenters. The Balaban J connectivity index is 1.79. The molecule has 2 aliphatic heterocycles. The smallest absolute Gasteiger partial charge is 0.131 e. The standard InChI is InChI=1S/C17H27N3/c1-14-12-15(16-8-4-7-9-19(16)2)13-18-17(14)20-10-5-3-6-11-20/h12-13,16H,3-11H2,1-2H3/t16-/m0/s1. The summed E-state index contributed by atoms with van der Waals surface area (Å²) in [6, 6.07) is 2.95. The maximum Gasteiger partial charge on any atom is 0.131 e. The number of anilines is 1. The molecule has 0 aromatic carbocycles. The highest BCUT2D eigenvalue weighted by Gasteiger charge is 2.22. The van der Waals surface area contributed by atoms with Crippen molar-refractivity contribution in [3.63, 3.8) is 0 Å². The maximum atomic E-state index is 4.81. The molecule has 0 aliphatic carbocycles. The normalized spacial score (nSPS) is 24.9. The van der Waals surface area contributed by atoms with Crippen LogP contribution < -0.4 is 4.90 Å². The summed E-state index contributed by atoms with van der Waals surface area (Å²) >= 11 is 0. The van der Waals surface area contributed by atoms with Gasteiger partial charge in [-0.25, -0.2) is 4.98 Å². The van der Waals surface area contributed by atoms with Gasteiger partial charge in [0.15, 0.2) is 0 Å². The van der Waals surface area contributed by atoms with Crippen molar-refractivity contribution in [2.45, 2.75) is 51.5 Å². The minimum atomic E-state index is 0.574. The Hall–Kier alpha value is -1.09. The molecule has 20 heavy (non-hydrogen) atoms. The molecule has 1 aromatic rings. The molecule has 0 spiro atoms. The van der Waals surface area contributed by atoms with Crippen molar-refractivity contribution in [3.05, 3.63) is 23.4 Å². The number of likely N-dealkylation sites (tertiary alicyclic amines) is 1. The lowest BCUT2D eigenvalue weighted by atomic mass is 9.96. The van der Waals surface area contributed by atoms with Crippen LogP contribution in [0.1, 0.15) is 55.7 Å². The summed E-state index contributed by atoms with van der Waals surface area (Å²) < 4.78 is 0. The van der Waals surface area contributed by atoms with E-state index in [0.717, 1.165) is 0 Å². The highest BCUT2D eigenvalue weighted by molar-refractivity contribution is 5.48. The van der Waals surface area contributed by atoms with Crippen molar-refractivity contribution in [1.29, 1.82) is 0 Å². The van der Waals surface area contributed by atoms with Crippen molar-refractivity contribution < 1.29 is 0 Å². The van der Waals surface area contributed by atoms with Crippen molar-refractivity contribution in [2.75, 3.05) is 31.6 Å². The van der Waals surface area contributed by atoms with Crippen LogP contribution in [0, 0.1) is 6.92 Å². The predicted octanol–water partition coefficient (Wildman–Crippen LogP) is 3.54. The van der Waals surface area contributed by atoms with E-state index in [1.807, 2.05) is 0 Å². The lowest BCUT2D eigenvalue weighted by molar-refractivity contribution is 0.187. The summed E-state index contributed by atoms with van der Waals surface area (Å²) in [7, 11) is 2.25. The fourth-order valence-corrected chi connectivity index (χ4v) is 3.70.